The van der Waals surface area contributed by atoms with E-state index < -0.39 is 21.2 Å². The van der Waals surface area contributed by atoms with Crippen LogP contribution in [-0.2, 0) is 41.0 Å². The number of rotatable bonds is 14. The Morgan fingerprint density at radius 3 is 2.12 bits per heavy atom. The molecule has 0 saturated carbocycles. The maximum atomic E-state index is 13.3. The van der Waals surface area contributed by atoms with E-state index >= 15 is 0 Å². The molecular weight excluding hydrogens is 462 g/mol. The van der Waals surface area contributed by atoms with Crippen molar-refractivity contribution in [2.24, 2.45) is 0 Å². The highest BCUT2D eigenvalue weighted by molar-refractivity contribution is 7.91. The Kier molecular flexibility index (Phi) is 10.4. The van der Waals surface area contributed by atoms with Crippen molar-refractivity contribution in [3.8, 4) is 0 Å². The van der Waals surface area contributed by atoms with Crippen LogP contribution in [0, 0.1) is 0 Å². The van der Waals surface area contributed by atoms with Gasteiger partial charge in [0, 0.05) is 47.3 Å². The van der Waals surface area contributed by atoms with E-state index in [1.807, 2.05) is 0 Å². The molecule has 0 saturated heterocycles. The molecule has 2 aromatic heterocycles. The number of aromatic nitrogens is 5. The zero-order valence-corrected chi connectivity index (χ0v) is 20.5. The molecule has 0 spiro atoms. The molecule has 0 aromatic carbocycles. The lowest BCUT2D eigenvalue weighted by molar-refractivity contribution is 0.0860. The van der Waals surface area contributed by atoms with E-state index in [9.17, 15) is 8.42 Å². The van der Waals surface area contributed by atoms with Crippen molar-refractivity contribution in [1.29, 1.82) is 0 Å². The van der Waals surface area contributed by atoms with Crippen LogP contribution < -0.4 is 0 Å². The fraction of sp³-hybridized carbons (Fsp3) is 0.684. The summed E-state index contributed by atoms with van der Waals surface area (Å²) in [5.74, 6) is 0.750. The minimum atomic E-state index is -3.75. The fourth-order valence-electron chi connectivity index (χ4n) is 3.30. The summed E-state index contributed by atoms with van der Waals surface area (Å²) in [5.41, 5.74) is 0. The summed E-state index contributed by atoms with van der Waals surface area (Å²) in [6, 6.07) is -0.301. The van der Waals surface area contributed by atoms with Gasteiger partial charge in [-0.2, -0.15) is 0 Å². The van der Waals surface area contributed by atoms with Crippen LogP contribution in [0.1, 0.15) is 36.5 Å². The van der Waals surface area contributed by atoms with Crippen LogP contribution in [0.4, 0.5) is 0 Å². The van der Waals surface area contributed by atoms with Crippen LogP contribution in [0.5, 0.6) is 0 Å². The predicted molar refractivity (Wildman–Crippen MR) is 117 cm³/mol. The van der Waals surface area contributed by atoms with E-state index in [2.05, 4.69) is 20.2 Å². The van der Waals surface area contributed by atoms with Crippen molar-refractivity contribution < 1.29 is 27.4 Å². The molecule has 11 nitrogen and oxygen atoms in total. The smallest absolute Gasteiger partial charge is 0.163 e. The third kappa shape index (κ3) is 6.65. The van der Waals surface area contributed by atoms with Crippen LogP contribution in [0.3, 0.4) is 0 Å². The molecule has 0 fully saturated rings. The first-order valence-electron chi connectivity index (χ1n) is 9.90. The van der Waals surface area contributed by atoms with Crippen LogP contribution >= 0.6 is 11.6 Å². The SMILES string of the molecule is COCCc1nnc(CS(=O)(=O)[C@@H](C)[C@H](OC)c2ncc(Cl)cn2)n1C(COC)COC. The Bertz CT molecular complexity index is 934. The van der Waals surface area contributed by atoms with Crippen LogP contribution in [0.25, 0.3) is 0 Å². The highest BCUT2D eigenvalue weighted by atomic mass is 35.5. The number of ether oxygens (including phenoxy) is 4. The van der Waals surface area contributed by atoms with Gasteiger partial charge in [-0.05, 0) is 6.92 Å². The highest BCUT2D eigenvalue weighted by Gasteiger charge is 2.35. The summed E-state index contributed by atoms with van der Waals surface area (Å²) in [5, 5.41) is 7.76. The van der Waals surface area contributed by atoms with Crippen molar-refractivity contribution >= 4 is 21.4 Å². The van der Waals surface area contributed by atoms with E-state index in [-0.39, 0.29) is 23.4 Å². The molecule has 32 heavy (non-hydrogen) atoms. The van der Waals surface area contributed by atoms with Gasteiger partial charge >= 0.3 is 0 Å². The summed E-state index contributed by atoms with van der Waals surface area (Å²) in [6.45, 7) is 2.56. The van der Waals surface area contributed by atoms with Gasteiger partial charge in [-0.25, -0.2) is 18.4 Å². The first kappa shape index (κ1) is 26.6. The number of methoxy groups -OCH3 is 4. The Balaban J connectivity index is 2.37. The second kappa shape index (κ2) is 12.5. The average Bonchev–Trinajstić information content (AvgIpc) is 3.15. The van der Waals surface area contributed by atoms with Crippen molar-refractivity contribution in [3.05, 3.63) is 34.9 Å². The monoisotopic (exact) mass is 491 g/mol. The molecule has 0 aliphatic carbocycles. The maximum absolute atomic E-state index is 13.3. The Labute approximate surface area is 193 Å². The lowest BCUT2D eigenvalue weighted by Gasteiger charge is -2.23. The topological polar surface area (TPSA) is 128 Å². The van der Waals surface area contributed by atoms with Crippen molar-refractivity contribution in [3.63, 3.8) is 0 Å². The van der Waals surface area contributed by atoms with Gasteiger partial charge in [-0.15, -0.1) is 10.2 Å². The number of nitrogens with zero attached hydrogens (tertiary/aromatic N) is 5. The minimum absolute atomic E-state index is 0.229. The summed E-state index contributed by atoms with van der Waals surface area (Å²) >= 11 is 5.84. The molecule has 180 valence electrons. The molecule has 2 rings (SSSR count). The van der Waals surface area contributed by atoms with Gasteiger partial charge < -0.3 is 23.5 Å². The quantitative estimate of drug-likeness (QED) is 0.382. The summed E-state index contributed by atoms with van der Waals surface area (Å²) < 4.78 is 49.6. The molecule has 2 aromatic rings. The summed E-state index contributed by atoms with van der Waals surface area (Å²) in [6.07, 6.45) is 2.38. The molecule has 2 heterocycles. The lowest BCUT2D eigenvalue weighted by atomic mass is 10.2. The van der Waals surface area contributed by atoms with E-state index in [1.165, 1.54) is 19.5 Å². The zero-order chi connectivity index (χ0) is 23.7. The van der Waals surface area contributed by atoms with Gasteiger partial charge in [0.05, 0.1) is 36.1 Å². The second-order valence-electron chi connectivity index (χ2n) is 7.14. The summed E-state index contributed by atoms with van der Waals surface area (Å²) in [7, 11) is 2.37. The largest absolute Gasteiger partial charge is 0.384 e. The third-order valence-electron chi connectivity index (χ3n) is 4.92. The molecular formula is C19H30ClN5O6S. The zero-order valence-electron chi connectivity index (χ0n) is 18.9. The molecule has 0 bridgehead atoms. The number of hydrogen-bond acceptors (Lipinski definition) is 10. The van der Waals surface area contributed by atoms with Crippen molar-refractivity contribution in [1.82, 2.24) is 24.7 Å². The first-order chi connectivity index (χ1) is 15.3. The van der Waals surface area contributed by atoms with Crippen LogP contribution in [0.15, 0.2) is 12.4 Å². The predicted octanol–water partition coefficient (Wildman–Crippen LogP) is 1.44. The van der Waals surface area contributed by atoms with E-state index in [1.54, 1.807) is 32.8 Å². The molecule has 0 N–H and O–H groups in total. The van der Waals surface area contributed by atoms with Crippen molar-refractivity contribution in [2.45, 2.75) is 36.5 Å². The summed E-state index contributed by atoms with van der Waals surface area (Å²) in [4.78, 5) is 8.22. The molecule has 0 aliphatic heterocycles. The van der Waals surface area contributed by atoms with E-state index in [4.69, 9.17) is 30.5 Å². The number of halogens is 1. The molecule has 0 aliphatic rings. The van der Waals surface area contributed by atoms with Crippen molar-refractivity contribution in [2.75, 3.05) is 48.3 Å². The van der Waals surface area contributed by atoms with Gasteiger partial charge in [0.2, 0.25) is 0 Å². The van der Waals surface area contributed by atoms with E-state index in [0.29, 0.717) is 37.1 Å². The average molecular weight is 492 g/mol. The number of hydrogen-bond donors (Lipinski definition) is 0. The first-order valence-corrected chi connectivity index (χ1v) is 12.0. The Morgan fingerprint density at radius 1 is 1.00 bits per heavy atom. The molecule has 0 radical (unpaired) electrons. The van der Waals surface area contributed by atoms with Gasteiger partial charge in [0.25, 0.3) is 0 Å². The molecule has 0 unspecified atom stereocenters. The molecule has 2 atom stereocenters. The normalized spacial score (nSPS) is 14.1. The maximum Gasteiger partial charge on any atom is 0.163 e. The van der Waals surface area contributed by atoms with Gasteiger partial charge in [-0.1, -0.05) is 11.6 Å². The number of sulfone groups is 1. The molecule has 0 amide bonds. The highest BCUT2D eigenvalue weighted by Crippen LogP contribution is 2.26. The van der Waals surface area contributed by atoms with Crippen LogP contribution in [-0.4, -0.2) is 86.7 Å². The fourth-order valence-corrected chi connectivity index (χ4v) is 4.83. The Morgan fingerprint density at radius 2 is 1.59 bits per heavy atom. The Hall–Kier alpha value is -1.70. The van der Waals surface area contributed by atoms with Gasteiger partial charge in [-0.3, -0.25) is 0 Å². The van der Waals surface area contributed by atoms with E-state index in [0.717, 1.165) is 0 Å². The lowest BCUT2D eigenvalue weighted by Crippen LogP contribution is -2.31. The minimum Gasteiger partial charge on any atom is -0.384 e. The van der Waals surface area contributed by atoms with Gasteiger partial charge in [0.1, 0.15) is 23.5 Å². The molecule has 13 heteroatoms. The second-order valence-corrected chi connectivity index (χ2v) is 9.93. The third-order valence-corrected chi connectivity index (χ3v) is 7.16. The van der Waals surface area contributed by atoms with Gasteiger partial charge in [0.15, 0.2) is 15.7 Å². The van der Waals surface area contributed by atoms with Crippen LogP contribution in [0.2, 0.25) is 5.02 Å². The standard InChI is InChI=1S/C19H30ClN5O6S/c1-13(18(31-5)19-21-8-14(20)9-22-19)32(26,27)12-17-24-23-16(6-7-28-2)25(17)15(10-29-3)11-30-4/h8-9,13,15,18H,6-7,10-12H2,1-5H3/t13-,18-/m0/s1.